The molecule has 1 aliphatic carbocycles. The number of carbonyl (C=O) groups is 1. The summed E-state index contributed by atoms with van der Waals surface area (Å²) in [7, 11) is 1.65. The van der Waals surface area contributed by atoms with E-state index < -0.39 is 0 Å². The summed E-state index contributed by atoms with van der Waals surface area (Å²) in [6, 6.07) is 5.84. The summed E-state index contributed by atoms with van der Waals surface area (Å²) in [5.41, 5.74) is 1.18. The maximum Gasteiger partial charge on any atom is 0.314 e. The Hall–Kier alpha value is -1.51. The molecule has 0 atom stereocenters. The van der Waals surface area contributed by atoms with Crippen LogP contribution < -0.4 is 9.47 Å². The first-order chi connectivity index (χ1) is 11.1. The van der Waals surface area contributed by atoms with Crippen molar-refractivity contribution in [1.82, 2.24) is 0 Å². The number of methoxy groups -OCH3 is 1. The van der Waals surface area contributed by atoms with E-state index in [1.807, 2.05) is 18.2 Å². The second-order valence-electron chi connectivity index (χ2n) is 6.85. The van der Waals surface area contributed by atoms with Gasteiger partial charge in [0.1, 0.15) is 11.5 Å². The normalized spacial score (nSPS) is 21.0. The molecule has 0 aliphatic heterocycles. The lowest BCUT2D eigenvalue weighted by molar-refractivity contribution is -0.140. The third-order valence-electron chi connectivity index (χ3n) is 4.81. The molecule has 1 aliphatic rings. The summed E-state index contributed by atoms with van der Waals surface area (Å²) >= 11 is 0. The van der Waals surface area contributed by atoms with Gasteiger partial charge in [0, 0.05) is 6.07 Å². The lowest BCUT2D eigenvalue weighted by Crippen LogP contribution is -2.25. The summed E-state index contributed by atoms with van der Waals surface area (Å²) in [5.74, 6) is 2.10. The van der Waals surface area contributed by atoms with Gasteiger partial charge in [0.05, 0.1) is 13.0 Å². The second kappa shape index (κ2) is 8.95. The minimum absolute atomic E-state index is 0.0564. The molecule has 3 heteroatoms. The Morgan fingerprint density at radius 1 is 1.09 bits per heavy atom. The molecule has 0 aromatic heterocycles. The van der Waals surface area contributed by atoms with Gasteiger partial charge in [-0.15, -0.1) is 0 Å². The molecule has 0 bridgehead atoms. The van der Waals surface area contributed by atoms with E-state index in [9.17, 15) is 4.79 Å². The van der Waals surface area contributed by atoms with Crippen LogP contribution in [0.5, 0.6) is 11.5 Å². The van der Waals surface area contributed by atoms with Crippen LogP contribution in [0.2, 0.25) is 0 Å². The Morgan fingerprint density at radius 2 is 1.78 bits per heavy atom. The van der Waals surface area contributed by atoms with Gasteiger partial charge in [0.15, 0.2) is 0 Å². The van der Waals surface area contributed by atoms with Gasteiger partial charge < -0.3 is 9.47 Å². The van der Waals surface area contributed by atoms with Crippen molar-refractivity contribution in [2.75, 3.05) is 7.11 Å². The van der Waals surface area contributed by atoms with E-state index in [-0.39, 0.29) is 11.9 Å². The zero-order valence-corrected chi connectivity index (χ0v) is 14.8. The first-order valence-electron chi connectivity index (χ1n) is 9.02. The lowest BCUT2D eigenvalue weighted by Gasteiger charge is -2.24. The van der Waals surface area contributed by atoms with Gasteiger partial charge in [-0.1, -0.05) is 26.7 Å². The molecule has 1 aromatic rings. The molecule has 0 heterocycles. The molecular weight excluding hydrogens is 288 g/mol. The molecule has 0 unspecified atom stereocenters. The minimum Gasteiger partial charge on any atom is -0.497 e. The number of rotatable bonds is 7. The van der Waals surface area contributed by atoms with E-state index >= 15 is 0 Å². The molecule has 3 nitrogen and oxygen atoms in total. The van der Waals surface area contributed by atoms with Crippen LogP contribution >= 0.6 is 0 Å². The Labute approximate surface area is 140 Å². The first kappa shape index (κ1) is 17.8. The van der Waals surface area contributed by atoms with Crippen molar-refractivity contribution in [3.63, 3.8) is 0 Å². The minimum atomic E-state index is -0.0790. The topological polar surface area (TPSA) is 35.5 Å². The van der Waals surface area contributed by atoms with Gasteiger partial charge in [0.25, 0.3) is 0 Å². The SMILES string of the molecule is CCCCCc1cc(OC)cc(OC(=O)C2CCC(C)CC2)c1. The Balaban J connectivity index is 2.00. The molecule has 128 valence electrons. The average Bonchev–Trinajstić information content (AvgIpc) is 2.55. The van der Waals surface area contributed by atoms with Crippen molar-refractivity contribution in [2.45, 2.75) is 65.2 Å². The van der Waals surface area contributed by atoms with Crippen LogP contribution in [-0.2, 0) is 11.2 Å². The number of unbranched alkanes of at least 4 members (excludes halogenated alkanes) is 2. The number of hydrogen-bond acceptors (Lipinski definition) is 3. The molecule has 0 N–H and O–H groups in total. The van der Waals surface area contributed by atoms with E-state index in [2.05, 4.69) is 13.8 Å². The average molecular weight is 318 g/mol. The van der Waals surface area contributed by atoms with Gasteiger partial charge in [-0.3, -0.25) is 4.79 Å². The van der Waals surface area contributed by atoms with Crippen LogP contribution in [0, 0.1) is 11.8 Å². The highest BCUT2D eigenvalue weighted by molar-refractivity contribution is 5.75. The van der Waals surface area contributed by atoms with Crippen LogP contribution in [0.3, 0.4) is 0 Å². The largest absolute Gasteiger partial charge is 0.497 e. The molecule has 1 aromatic carbocycles. The summed E-state index contributed by atoms with van der Waals surface area (Å²) < 4.78 is 11.0. The van der Waals surface area contributed by atoms with Crippen LogP contribution in [0.15, 0.2) is 18.2 Å². The number of hydrogen-bond donors (Lipinski definition) is 0. The van der Waals surface area contributed by atoms with Crippen molar-refractivity contribution >= 4 is 5.97 Å². The molecule has 0 amide bonds. The van der Waals surface area contributed by atoms with Gasteiger partial charge in [-0.05, 0) is 62.1 Å². The third kappa shape index (κ3) is 5.56. The van der Waals surface area contributed by atoms with Crippen molar-refractivity contribution in [3.8, 4) is 11.5 Å². The highest BCUT2D eigenvalue weighted by Gasteiger charge is 2.26. The Bertz CT molecular complexity index is 502. The van der Waals surface area contributed by atoms with Crippen LogP contribution in [-0.4, -0.2) is 13.1 Å². The number of benzene rings is 1. The highest BCUT2D eigenvalue weighted by atomic mass is 16.5. The number of ether oxygens (including phenoxy) is 2. The zero-order chi connectivity index (χ0) is 16.7. The number of aryl methyl sites for hydroxylation is 1. The Morgan fingerprint density at radius 3 is 2.43 bits per heavy atom. The zero-order valence-electron chi connectivity index (χ0n) is 14.8. The molecule has 0 spiro atoms. The molecule has 1 saturated carbocycles. The van der Waals surface area contributed by atoms with E-state index in [0.29, 0.717) is 5.75 Å². The standard InChI is InChI=1S/C20H30O3/c1-4-5-6-7-16-12-18(22-3)14-19(13-16)23-20(21)17-10-8-15(2)9-11-17/h12-15,17H,4-11H2,1-3H3. The summed E-state index contributed by atoms with van der Waals surface area (Å²) in [6.07, 6.45) is 8.72. The first-order valence-corrected chi connectivity index (χ1v) is 9.02. The van der Waals surface area contributed by atoms with Crippen LogP contribution in [0.4, 0.5) is 0 Å². The van der Waals surface area contributed by atoms with Gasteiger partial charge in [-0.25, -0.2) is 0 Å². The van der Waals surface area contributed by atoms with Gasteiger partial charge in [0.2, 0.25) is 0 Å². The summed E-state index contributed by atoms with van der Waals surface area (Å²) in [4.78, 5) is 12.4. The fourth-order valence-corrected chi connectivity index (χ4v) is 3.23. The maximum absolute atomic E-state index is 12.4. The van der Waals surface area contributed by atoms with Crippen molar-refractivity contribution in [3.05, 3.63) is 23.8 Å². The fourth-order valence-electron chi connectivity index (χ4n) is 3.23. The van der Waals surface area contributed by atoms with Crippen LogP contribution in [0.25, 0.3) is 0 Å². The third-order valence-corrected chi connectivity index (χ3v) is 4.81. The van der Waals surface area contributed by atoms with E-state index in [1.165, 1.54) is 18.4 Å². The molecule has 1 fully saturated rings. The van der Waals surface area contributed by atoms with E-state index in [4.69, 9.17) is 9.47 Å². The van der Waals surface area contributed by atoms with Crippen molar-refractivity contribution < 1.29 is 14.3 Å². The quantitative estimate of drug-likeness (QED) is 0.396. The summed E-state index contributed by atoms with van der Waals surface area (Å²) in [6.45, 7) is 4.45. The molecule has 0 radical (unpaired) electrons. The van der Waals surface area contributed by atoms with Crippen molar-refractivity contribution in [1.29, 1.82) is 0 Å². The summed E-state index contributed by atoms with van der Waals surface area (Å²) in [5, 5.41) is 0. The second-order valence-corrected chi connectivity index (χ2v) is 6.85. The predicted molar refractivity (Wildman–Crippen MR) is 93.0 cm³/mol. The number of carbonyl (C=O) groups excluding carboxylic acids is 1. The van der Waals surface area contributed by atoms with Crippen LogP contribution in [0.1, 0.15) is 64.4 Å². The van der Waals surface area contributed by atoms with E-state index in [1.54, 1.807) is 7.11 Å². The fraction of sp³-hybridized carbons (Fsp3) is 0.650. The van der Waals surface area contributed by atoms with Gasteiger partial charge in [-0.2, -0.15) is 0 Å². The molecular formula is C20H30O3. The van der Waals surface area contributed by atoms with Crippen molar-refractivity contribution in [2.24, 2.45) is 11.8 Å². The highest BCUT2D eigenvalue weighted by Crippen LogP contribution is 2.30. The molecule has 23 heavy (non-hydrogen) atoms. The smallest absolute Gasteiger partial charge is 0.314 e. The molecule has 2 rings (SSSR count). The number of esters is 1. The molecule has 0 saturated heterocycles. The van der Waals surface area contributed by atoms with E-state index in [0.717, 1.165) is 50.2 Å². The predicted octanol–water partition coefficient (Wildman–Crippen LogP) is 5.16. The Kier molecular flexibility index (Phi) is 6.94. The monoisotopic (exact) mass is 318 g/mol. The maximum atomic E-state index is 12.4. The lowest BCUT2D eigenvalue weighted by atomic mass is 9.83. The van der Waals surface area contributed by atoms with Gasteiger partial charge >= 0.3 is 5.97 Å².